The molecular weight excluding hydrogens is 238 g/mol. The fourth-order valence-electron chi connectivity index (χ4n) is 3.04. The molecule has 2 aliphatic rings. The first-order valence-electron chi connectivity index (χ1n) is 7.06. The topological polar surface area (TPSA) is 35.6 Å². The zero-order valence-corrected chi connectivity index (χ0v) is 11.6. The summed E-state index contributed by atoms with van der Waals surface area (Å²) in [7, 11) is 0. The predicted molar refractivity (Wildman–Crippen MR) is 76.6 cm³/mol. The van der Waals surface area contributed by atoms with E-state index in [1.165, 1.54) is 5.56 Å². The van der Waals surface area contributed by atoms with Crippen LogP contribution in [0.3, 0.4) is 0 Å². The molecule has 2 amide bonds. The van der Waals surface area contributed by atoms with Crippen molar-refractivity contribution in [1.29, 1.82) is 0 Å². The van der Waals surface area contributed by atoms with Gasteiger partial charge in [0.2, 0.25) is 0 Å². The molecule has 1 atom stereocenters. The second-order valence-corrected chi connectivity index (χ2v) is 5.66. The van der Waals surface area contributed by atoms with Crippen molar-refractivity contribution in [2.75, 3.05) is 31.1 Å². The fraction of sp³-hybridized carbons (Fsp3) is 0.533. The second kappa shape index (κ2) is 4.85. The van der Waals surface area contributed by atoms with Gasteiger partial charge in [-0.3, -0.25) is 4.90 Å². The molecule has 1 aromatic rings. The van der Waals surface area contributed by atoms with Crippen LogP contribution in [0.15, 0.2) is 24.3 Å². The molecule has 3 rings (SSSR count). The summed E-state index contributed by atoms with van der Waals surface area (Å²) in [5.74, 6) is 0.430. The molecule has 1 N–H and O–H groups in total. The van der Waals surface area contributed by atoms with Crippen LogP contribution < -0.4 is 10.2 Å². The quantitative estimate of drug-likeness (QED) is 0.882. The van der Waals surface area contributed by atoms with E-state index in [1.54, 1.807) is 0 Å². The Labute approximate surface area is 114 Å². The fourth-order valence-corrected chi connectivity index (χ4v) is 3.04. The maximum absolute atomic E-state index is 12.5. The number of benzene rings is 1. The zero-order chi connectivity index (χ0) is 13.4. The monoisotopic (exact) mass is 259 g/mol. The van der Waals surface area contributed by atoms with Gasteiger partial charge in [0.25, 0.3) is 0 Å². The second-order valence-electron chi connectivity index (χ2n) is 5.66. The molecule has 102 valence electrons. The van der Waals surface area contributed by atoms with Crippen LogP contribution in [0.4, 0.5) is 10.5 Å². The van der Waals surface area contributed by atoms with Crippen molar-refractivity contribution < 1.29 is 4.79 Å². The number of fused-ring (bicyclic) bond motifs is 1. The lowest BCUT2D eigenvalue weighted by Gasteiger charge is -2.28. The highest BCUT2D eigenvalue weighted by molar-refractivity contribution is 5.95. The Morgan fingerprint density at radius 3 is 2.84 bits per heavy atom. The van der Waals surface area contributed by atoms with E-state index in [9.17, 15) is 4.79 Å². The minimum atomic E-state index is 0.166. The standard InChI is InChI=1S/C15H21N3O/c1-11(2)13-5-3-4-6-14(13)18-10-12-9-16-7-8-17(12)15(18)19/h3-6,11-12,16H,7-10H2,1-2H3. The van der Waals surface area contributed by atoms with Gasteiger partial charge in [0.15, 0.2) is 0 Å². The van der Waals surface area contributed by atoms with Crippen molar-refractivity contribution in [2.45, 2.75) is 25.8 Å². The third kappa shape index (κ3) is 2.10. The number of nitrogens with one attached hydrogen (secondary N) is 1. The Hall–Kier alpha value is -1.55. The molecule has 1 aromatic carbocycles. The van der Waals surface area contributed by atoms with Crippen LogP contribution >= 0.6 is 0 Å². The van der Waals surface area contributed by atoms with E-state index in [-0.39, 0.29) is 6.03 Å². The average molecular weight is 259 g/mol. The molecule has 0 spiro atoms. The van der Waals surface area contributed by atoms with Gasteiger partial charge in [-0.05, 0) is 17.5 Å². The van der Waals surface area contributed by atoms with Crippen molar-refractivity contribution in [3.8, 4) is 0 Å². The summed E-state index contributed by atoms with van der Waals surface area (Å²) >= 11 is 0. The molecule has 4 heteroatoms. The number of urea groups is 1. The third-order valence-electron chi connectivity index (χ3n) is 4.07. The van der Waals surface area contributed by atoms with Crippen LogP contribution in [0.2, 0.25) is 0 Å². The lowest BCUT2D eigenvalue weighted by atomic mass is 10.0. The maximum atomic E-state index is 12.5. The van der Waals surface area contributed by atoms with E-state index >= 15 is 0 Å². The minimum absolute atomic E-state index is 0.166. The Morgan fingerprint density at radius 2 is 2.11 bits per heavy atom. The molecular formula is C15H21N3O. The molecule has 2 heterocycles. The highest BCUT2D eigenvalue weighted by atomic mass is 16.2. The normalized spacial score (nSPS) is 23.1. The first-order valence-corrected chi connectivity index (χ1v) is 7.06. The number of piperazine rings is 1. The minimum Gasteiger partial charge on any atom is -0.317 e. The van der Waals surface area contributed by atoms with E-state index < -0.39 is 0 Å². The number of hydrogen-bond donors (Lipinski definition) is 1. The number of anilines is 1. The number of amides is 2. The predicted octanol–water partition coefficient (Wildman–Crippen LogP) is 2.02. The van der Waals surface area contributed by atoms with Gasteiger partial charge in [0.05, 0.1) is 6.04 Å². The van der Waals surface area contributed by atoms with Gasteiger partial charge in [-0.15, -0.1) is 0 Å². The van der Waals surface area contributed by atoms with Crippen molar-refractivity contribution >= 4 is 11.7 Å². The van der Waals surface area contributed by atoms with Crippen LogP contribution in [0, 0.1) is 0 Å². The van der Waals surface area contributed by atoms with E-state index in [1.807, 2.05) is 21.9 Å². The average Bonchev–Trinajstić information content (AvgIpc) is 2.76. The Balaban J connectivity index is 1.93. The Morgan fingerprint density at radius 1 is 1.32 bits per heavy atom. The van der Waals surface area contributed by atoms with Crippen LogP contribution in [-0.4, -0.2) is 43.2 Å². The number of carbonyl (C=O) groups excluding carboxylic acids is 1. The largest absolute Gasteiger partial charge is 0.324 e. The molecule has 1 unspecified atom stereocenters. The molecule has 2 fully saturated rings. The van der Waals surface area contributed by atoms with E-state index in [0.29, 0.717) is 12.0 Å². The van der Waals surface area contributed by atoms with E-state index in [2.05, 4.69) is 31.3 Å². The SMILES string of the molecule is CC(C)c1ccccc1N1CC2CNCCN2C1=O. The summed E-state index contributed by atoms with van der Waals surface area (Å²) in [5, 5.41) is 3.37. The molecule has 0 aromatic heterocycles. The summed E-state index contributed by atoms with van der Waals surface area (Å²) in [6.07, 6.45) is 0. The van der Waals surface area contributed by atoms with Gasteiger partial charge in [0.1, 0.15) is 0 Å². The smallest absolute Gasteiger partial charge is 0.317 e. The van der Waals surface area contributed by atoms with Crippen LogP contribution in [0.1, 0.15) is 25.3 Å². The lowest BCUT2D eigenvalue weighted by molar-refractivity contribution is 0.193. The number of para-hydroxylation sites is 1. The van der Waals surface area contributed by atoms with Gasteiger partial charge in [0, 0.05) is 31.9 Å². The van der Waals surface area contributed by atoms with Crippen molar-refractivity contribution in [3.05, 3.63) is 29.8 Å². The third-order valence-corrected chi connectivity index (χ3v) is 4.07. The van der Waals surface area contributed by atoms with E-state index in [4.69, 9.17) is 0 Å². The number of hydrogen-bond acceptors (Lipinski definition) is 2. The van der Waals surface area contributed by atoms with Crippen LogP contribution in [0.25, 0.3) is 0 Å². The summed E-state index contributed by atoms with van der Waals surface area (Å²) in [6, 6.07) is 8.75. The van der Waals surface area contributed by atoms with Crippen molar-refractivity contribution in [3.63, 3.8) is 0 Å². The van der Waals surface area contributed by atoms with Crippen molar-refractivity contribution in [1.82, 2.24) is 10.2 Å². The van der Waals surface area contributed by atoms with Crippen molar-refractivity contribution in [2.24, 2.45) is 0 Å². The molecule has 19 heavy (non-hydrogen) atoms. The first-order chi connectivity index (χ1) is 9.18. The molecule has 2 saturated heterocycles. The molecule has 0 bridgehead atoms. The first kappa shape index (κ1) is 12.5. The van der Waals surface area contributed by atoms with E-state index in [0.717, 1.165) is 31.9 Å². The summed E-state index contributed by atoms with van der Waals surface area (Å²) in [4.78, 5) is 16.5. The van der Waals surface area contributed by atoms with Gasteiger partial charge in [-0.2, -0.15) is 0 Å². The number of nitrogens with zero attached hydrogens (tertiary/aromatic N) is 2. The molecule has 0 saturated carbocycles. The molecule has 4 nitrogen and oxygen atoms in total. The summed E-state index contributed by atoms with van der Waals surface area (Å²) < 4.78 is 0. The summed E-state index contributed by atoms with van der Waals surface area (Å²) in [5.41, 5.74) is 2.33. The molecule has 0 radical (unpaired) electrons. The van der Waals surface area contributed by atoms with Gasteiger partial charge < -0.3 is 10.2 Å². The zero-order valence-electron chi connectivity index (χ0n) is 11.6. The van der Waals surface area contributed by atoms with Gasteiger partial charge in [-0.25, -0.2) is 4.79 Å². The van der Waals surface area contributed by atoms with Crippen LogP contribution in [-0.2, 0) is 0 Å². The lowest BCUT2D eigenvalue weighted by Crippen LogP contribution is -2.49. The van der Waals surface area contributed by atoms with Gasteiger partial charge >= 0.3 is 6.03 Å². The molecule has 2 aliphatic heterocycles. The summed E-state index contributed by atoms with van der Waals surface area (Å²) in [6.45, 7) is 7.79. The Bertz CT molecular complexity index is 486. The Kier molecular flexibility index (Phi) is 3.19. The number of rotatable bonds is 2. The highest BCUT2D eigenvalue weighted by Gasteiger charge is 2.39. The highest BCUT2D eigenvalue weighted by Crippen LogP contribution is 2.31. The van der Waals surface area contributed by atoms with Crippen LogP contribution in [0.5, 0.6) is 0 Å². The number of carbonyl (C=O) groups is 1. The molecule has 0 aliphatic carbocycles. The van der Waals surface area contributed by atoms with Gasteiger partial charge in [-0.1, -0.05) is 32.0 Å². The maximum Gasteiger partial charge on any atom is 0.324 e.